The number of carbonyl (C=O) groups excluding carboxylic acids is 3. The van der Waals surface area contributed by atoms with Crippen molar-refractivity contribution in [3.8, 4) is 11.5 Å². The van der Waals surface area contributed by atoms with E-state index in [4.69, 9.17) is 4.74 Å². The molecule has 10 nitrogen and oxygen atoms in total. The molecule has 0 spiro atoms. The molecule has 0 radical (unpaired) electrons. The quantitative estimate of drug-likeness (QED) is 0.384. The molecular formula is C30H39F2N5O5. The number of alkyl halides is 2. The number of pyridine rings is 1. The first kappa shape index (κ1) is 31.1. The monoisotopic (exact) mass is 587 g/mol. The van der Waals surface area contributed by atoms with Crippen LogP contribution in [0.15, 0.2) is 36.5 Å². The Bertz CT molecular complexity index is 1260. The van der Waals surface area contributed by atoms with E-state index in [0.717, 1.165) is 24.9 Å². The van der Waals surface area contributed by atoms with E-state index < -0.39 is 12.5 Å². The van der Waals surface area contributed by atoms with Crippen LogP contribution in [0.4, 0.5) is 8.78 Å². The molecule has 2 atom stereocenters. The molecule has 1 saturated heterocycles. The van der Waals surface area contributed by atoms with Crippen molar-refractivity contribution in [1.82, 2.24) is 25.0 Å². The lowest BCUT2D eigenvalue weighted by Crippen LogP contribution is -2.42. The van der Waals surface area contributed by atoms with Crippen molar-refractivity contribution >= 4 is 17.7 Å². The average molecular weight is 588 g/mol. The lowest BCUT2D eigenvalue weighted by molar-refractivity contribution is -0.129. The molecule has 1 saturated carbocycles. The zero-order valence-electron chi connectivity index (χ0n) is 24.5. The van der Waals surface area contributed by atoms with E-state index in [1.807, 2.05) is 19.0 Å². The van der Waals surface area contributed by atoms with E-state index in [0.29, 0.717) is 37.6 Å². The fourth-order valence-corrected chi connectivity index (χ4v) is 4.94. The summed E-state index contributed by atoms with van der Waals surface area (Å²) in [6, 6.07) is 7.74. The molecular weight excluding hydrogens is 548 g/mol. The van der Waals surface area contributed by atoms with E-state index in [1.54, 1.807) is 35.0 Å². The SMILES string of the molecule is CC(=O)N1CC(c2ccc(OC(F)F)c(OCC3CC3)c2)C[C@@H]1CNC(=O)c1ccc(C(=O)N(C)CCN(C)C)cn1. The van der Waals surface area contributed by atoms with Crippen LogP contribution in [-0.4, -0.2) is 104 Å². The van der Waals surface area contributed by atoms with Gasteiger partial charge in [0.1, 0.15) is 5.69 Å². The second kappa shape index (κ2) is 13.9. The average Bonchev–Trinajstić information content (AvgIpc) is 3.69. The highest BCUT2D eigenvalue weighted by Gasteiger charge is 2.35. The molecule has 2 aliphatic rings. The Morgan fingerprint density at radius 1 is 1.10 bits per heavy atom. The number of ether oxygens (including phenoxy) is 2. The minimum absolute atomic E-state index is 0.0138. The number of halogens is 2. The standard InChI is InChI=1S/C30H39F2N5O5/c1-19(38)37-17-23(21-8-10-26(42-30(31)32)27(14-21)41-18-20-5-6-20)13-24(37)16-34-28(39)25-9-7-22(15-33-25)29(40)36(4)12-11-35(2)3/h7-10,14-15,20,23-24,30H,5-6,11-13,16-18H2,1-4H3,(H,34,39)/t23?,24-/m1/s1. The molecule has 1 aliphatic heterocycles. The maximum Gasteiger partial charge on any atom is 0.387 e. The molecule has 2 fully saturated rings. The minimum atomic E-state index is -2.97. The van der Waals surface area contributed by atoms with Crippen LogP contribution in [0.5, 0.6) is 11.5 Å². The smallest absolute Gasteiger partial charge is 0.387 e. The Kier molecular flexibility index (Phi) is 10.3. The summed E-state index contributed by atoms with van der Waals surface area (Å²) in [6.07, 6.45) is 4.07. The first-order valence-electron chi connectivity index (χ1n) is 14.1. The second-order valence-electron chi connectivity index (χ2n) is 11.3. The summed E-state index contributed by atoms with van der Waals surface area (Å²) in [5.74, 6) is -0.109. The molecule has 12 heteroatoms. The van der Waals surface area contributed by atoms with Gasteiger partial charge in [-0.2, -0.15) is 8.78 Å². The normalized spacial score (nSPS) is 18.3. The Morgan fingerprint density at radius 3 is 2.48 bits per heavy atom. The van der Waals surface area contributed by atoms with Crippen LogP contribution < -0.4 is 14.8 Å². The summed E-state index contributed by atoms with van der Waals surface area (Å²) in [5, 5.41) is 2.86. The second-order valence-corrected chi connectivity index (χ2v) is 11.3. The topological polar surface area (TPSA) is 104 Å². The molecule has 2 aromatic rings. The molecule has 3 amide bonds. The number of hydrogen-bond donors (Lipinski definition) is 1. The van der Waals surface area contributed by atoms with E-state index in [-0.39, 0.29) is 47.5 Å². The molecule has 0 bridgehead atoms. The number of benzene rings is 1. The predicted octanol–water partition coefficient (Wildman–Crippen LogP) is 3.24. The summed E-state index contributed by atoms with van der Waals surface area (Å²) in [7, 11) is 5.58. The number of rotatable bonds is 13. The van der Waals surface area contributed by atoms with Crippen molar-refractivity contribution in [3.05, 3.63) is 53.3 Å². The van der Waals surface area contributed by atoms with Gasteiger partial charge in [-0.15, -0.1) is 0 Å². The summed E-state index contributed by atoms with van der Waals surface area (Å²) in [6.45, 7) is 0.874. The van der Waals surface area contributed by atoms with Crippen molar-refractivity contribution in [2.45, 2.75) is 44.8 Å². The number of likely N-dealkylation sites (tertiary alicyclic amines) is 1. The van der Waals surface area contributed by atoms with Gasteiger partial charge in [-0.3, -0.25) is 19.4 Å². The van der Waals surface area contributed by atoms with E-state index >= 15 is 0 Å². The van der Waals surface area contributed by atoms with Crippen molar-refractivity contribution in [2.24, 2.45) is 5.92 Å². The third kappa shape index (κ3) is 8.37. The number of nitrogens with zero attached hydrogens (tertiary/aromatic N) is 4. The molecule has 4 rings (SSSR count). The zero-order valence-corrected chi connectivity index (χ0v) is 24.5. The maximum absolute atomic E-state index is 12.9. The highest BCUT2D eigenvalue weighted by molar-refractivity contribution is 5.96. The first-order chi connectivity index (χ1) is 20.0. The molecule has 1 N–H and O–H groups in total. The third-order valence-electron chi connectivity index (χ3n) is 7.62. The molecule has 1 aromatic heterocycles. The molecule has 1 unspecified atom stereocenters. The van der Waals surface area contributed by atoms with Gasteiger partial charge in [0.05, 0.1) is 12.2 Å². The number of likely N-dealkylation sites (N-methyl/N-ethyl adjacent to an activating group) is 2. The lowest BCUT2D eigenvalue weighted by Gasteiger charge is -2.23. The van der Waals surface area contributed by atoms with Gasteiger partial charge in [0.25, 0.3) is 11.8 Å². The van der Waals surface area contributed by atoms with E-state index in [2.05, 4.69) is 15.0 Å². The van der Waals surface area contributed by atoms with Crippen LogP contribution in [0.25, 0.3) is 0 Å². The van der Waals surface area contributed by atoms with E-state index in [1.165, 1.54) is 25.3 Å². The molecule has 42 heavy (non-hydrogen) atoms. The Morgan fingerprint density at radius 2 is 1.86 bits per heavy atom. The Hall–Kier alpha value is -3.80. The summed E-state index contributed by atoms with van der Waals surface area (Å²) in [4.78, 5) is 47.4. The summed E-state index contributed by atoms with van der Waals surface area (Å²) < 4.78 is 36.4. The van der Waals surface area contributed by atoms with Crippen molar-refractivity contribution in [2.75, 3.05) is 53.9 Å². The molecule has 1 aliphatic carbocycles. The lowest BCUT2D eigenvalue weighted by atomic mass is 9.96. The van der Waals surface area contributed by atoms with Crippen molar-refractivity contribution in [3.63, 3.8) is 0 Å². The van der Waals surface area contributed by atoms with E-state index in [9.17, 15) is 23.2 Å². The first-order valence-corrected chi connectivity index (χ1v) is 14.1. The number of carbonyl (C=O) groups is 3. The van der Waals surface area contributed by atoms with Crippen LogP contribution in [0.1, 0.15) is 58.5 Å². The highest BCUT2D eigenvalue weighted by atomic mass is 19.3. The van der Waals surface area contributed by atoms with Gasteiger partial charge in [0.2, 0.25) is 5.91 Å². The van der Waals surface area contributed by atoms with Crippen LogP contribution in [0.2, 0.25) is 0 Å². The Labute approximate surface area is 245 Å². The van der Waals surface area contributed by atoms with Gasteiger partial charge in [0.15, 0.2) is 11.5 Å². The summed E-state index contributed by atoms with van der Waals surface area (Å²) >= 11 is 0. The van der Waals surface area contributed by atoms with Gasteiger partial charge in [0, 0.05) is 58.3 Å². The molecule has 228 valence electrons. The van der Waals surface area contributed by atoms with Crippen molar-refractivity contribution in [1.29, 1.82) is 0 Å². The minimum Gasteiger partial charge on any atom is -0.489 e. The highest BCUT2D eigenvalue weighted by Crippen LogP contribution is 2.38. The van der Waals surface area contributed by atoms with Gasteiger partial charge >= 0.3 is 6.61 Å². The van der Waals surface area contributed by atoms with Gasteiger partial charge in [-0.1, -0.05) is 6.07 Å². The Balaban J connectivity index is 1.37. The van der Waals surface area contributed by atoms with Crippen LogP contribution in [-0.2, 0) is 4.79 Å². The van der Waals surface area contributed by atoms with Crippen LogP contribution in [0.3, 0.4) is 0 Å². The fraction of sp³-hybridized carbons (Fsp3) is 0.533. The number of aromatic nitrogens is 1. The number of nitrogens with one attached hydrogen (secondary N) is 1. The molecule has 1 aromatic carbocycles. The van der Waals surface area contributed by atoms with Crippen LogP contribution >= 0.6 is 0 Å². The van der Waals surface area contributed by atoms with Crippen molar-refractivity contribution < 1.29 is 32.6 Å². The maximum atomic E-state index is 12.9. The number of hydrogen-bond acceptors (Lipinski definition) is 7. The fourth-order valence-electron chi connectivity index (χ4n) is 4.94. The largest absolute Gasteiger partial charge is 0.489 e. The number of amides is 3. The summed E-state index contributed by atoms with van der Waals surface area (Å²) in [5.41, 5.74) is 1.40. The molecule has 2 heterocycles. The third-order valence-corrected chi connectivity index (χ3v) is 7.62. The predicted molar refractivity (Wildman–Crippen MR) is 152 cm³/mol. The van der Waals surface area contributed by atoms with Gasteiger partial charge < -0.3 is 29.5 Å². The zero-order chi connectivity index (χ0) is 30.4. The van der Waals surface area contributed by atoms with Gasteiger partial charge in [-0.25, -0.2) is 0 Å². The van der Waals surface area contributed by atoms with Crippen LogP contribution in [0, 0.1) is 5.92 Å². The van der Waals surface area contributed by atoms with Gasteiger partial charge in [-0.05, 0) is 69.1 Å².